The fraction of sp³-hybridized carbons (Fsp3) is 0.882. The van der Waals surface area contributed by atoms with Crippen molar-refractivity contribution in [2.45, 2.75) is 56.5 Å². The smallest absolute Gasteiger partial charge is 0.240 e. The Labute approximate surface area is 138 Å². The Balaban J connectivity index is 1.80. The van der Waals surface area contributed by atoms with Crippen LogP contribution >= 0.6 is 0 Å². The van der Waals surface area contributed by atoms with Crippen LogP contribution in [0.5, 0.6) is 0 Å². The quantitative estimate of drug-likeness (QED) is 0.833. The zero-order valence-electron chi connectivity index (χ0n) is 14.2. The standard InChI is InChI=1S/C17H29N3O3/c1-18-16(22)17(7-3-2-4-8-17)20-9-5-6-14(20)15(21)19-10-12-23-13-11-19/h14H,2-13H2,1H3,(H,18,22)/t14-/m0/s1. The molecule has 2 saturated heterocycles. The van der Waals surface area contributed by atoms with Crippen molar-refractivity contribution in [3.05, 3.63) is 0 Å². The summed E-state index contributed by atoms with van der Waals surface area (Å²) in [7, 11) is 1.72. The molecule has 3 aliphatic rings. The lowest BCUT2D eigenvalue weighted by molar-refractivity contribution is -0.147. The summed E-state index contributed by atoms with van der Waals surface area (Å²) in [6.45, 7) is 3.46. The van der Waals surface area contributed by atoms with E-state index in [1.54, 1.807) is 7.05 Å². The van der Waals surface area contributed by atoms with Gasteiger partial charge in [-0.3, -0.25) is 14.5 Å². The van der Waals surface area contributed by atoms with Crippen molar-refractivity contribution in [1.29, 1.82) is 0 Å². The lowest BCUT2D eigenvalue weighted by atomic mass is 9.79. The number of morpholine rings is 1. The van der Waals surface area contributed by atoms with E-state index in [4.69, 9.17) is 4.74 Å². The topological polar surface area (TPSA) is 61.9 Å². The van der Waals surface area contributed by atoms with Crippen molar-refractivity contribution in [3.63, 3.8) is 0 Å². The Morgan fingerprint density at radius 1 is 1.04 bits per heavy atom. The van der Waals surface area contributed by atoms with E-state index in [-0.39, 0.29) is 17.9 Å². The molecule has 1 aliphatic carbocycles. The van der Waals surface area contributed by atoms with Crippen molar-refractivity contribution in [1.82, 2.24) is 15.1 Å². The summed E-state index contributed by atoms with van der Waals surface area (Å²) in [6.07, 6.45) is 6.95. The van der Waals surface area contributed by atoms with Crippen molar-refractivity contribution in [2.75, 3.05) is 39.9 Å². The first kappa shape index (κ1) is 16.7. The Hall–Kier alpha value is -1.14. The van der Waals surface area contributed by atoms with Gasteiger partial charge in [-0.1, -0.05) is 19.3 Å². The third kappa shape index (κ3) is 3.11. The molecule has 0 aromatic heterocycles. The minimum Gasteiger partial charge on any atom is -0.378 e. The van der Waals surface area contributed by atoms with Gasteiger partial charge >= 0.3 is 0 Å². The van der Waals surface area contributed by atoms with E-state index in [1.165, 1.54) is 6.42 Å². The van der Waals surface area contributed by atoms with Crippen molar-refractivity contribution in [2.24, 2.45) is 0 Å². The lowest BCUT2D eigenvalue weighted by Gasteiger charge is -2.46. The first-order chi connectivity index (χ1) is 11.2. The van der Waals surface area contributed by atoms with Crippen LogP contribution in [0.1, 0.15) is 44.9 Å². The molecule has 6 heteroatoms. The molecule has 0 radical (unpaired) electrons. The largest absolute Gasteiger partial charge is 0.378 e. The molecule has 0 aromatic carbocycles. The molecule has 0 aromatic rings. The second-order valence-electron chi connectivity index (χ2n) is 6.96. The van der Waals surface area contributed by atoms with Crippen LogP contribution in [0.15, 0.2) is 0 Å². The van der Waals surface area contributed by atoms with Crippen LogP contribution in [0.3, 0.4) is 0 Å². The predicted octanol–water partition coefficient (Wildman–Crippen LogP) is 0.758. The van der Waals surface area contributed by atoms with Crippen LogP contribution in [0, 0.1) is 0 Å². The maximum atomic E-state index is 13.0. The number of rotatable bonds is 3. The van der Waals surface area contributed by atoms with E-state index < -0.39 is 5.54 Å². The van der Waals surface area contributed by atoms with Gasteiger partial charge in [0.1, 0.15) is 5.54 Å². The molecule has 1 atom stereocenters. The van der Waals surface area contributed by atoms with Gasteiger partial charge in [0.05, 0.1) is 19.3 Å². The van der Waals surface area contributed by atoms with Crippen molar-refractivity contribution < 1.29 is 14.3 Å². The van der Waals surface area contributed by atoms with E-state index in [0.717, 1.165) is 45.1 Å². The van der Waals surface area contributed by atoms with E-state index in [9.17, 15) is 9.59 Å². The summed E-state index contributed by atoms with van der Waals surface area (Å²) in [4.78, 5) is 29.9. The van der Waals surface area contributed by atoms with Gasteiger partial charge in [-0.25, -0.2) is 0 Å². The number of hydrogen-bond donors (Lipinski definition) is 1. The summed E-state index contributed by atoms with van der Waals surface area (Å²) in [6, 6.07) is -0.136. The molecule has 0 unspecified atom stereocenters. The summed E-state index contributed by atoms with van der Waals surface area (Å²) in [5.41, 5.74) is -0.476. The number of amides is 2. The van der Waals surface area contributed by atoms with Gasteiger partial charge in [-0.05, 0) is 25.7 Å². The fourth-order valence-electron chi connectivity index (χ4n) is 4.54. The molecule has 2 amide bonds. The third-order valence-electron chi connectivity index (χ3n) is 5.74. The Morgan fingerprint density at radius 3 is 2.39 bits per heavy atom. The van der Waals surface area contributed by atoms with Gasteiger partial charge in [-0.2, -0.15) is 0 Å². The monoisotopic (exact) mass is 323 g/mol. The Morgan fingerprint density at radius 2 is 1.74 bits per heavy atom. The van der Waals surface area contributed by atoms with Gasteiger partial charge in [0.2, 0.25) is 11.8 Å². The van der Waals surface area contributed by atoms with E-state index in [2.05, 4.69) is 10.2 Å². The molecular weight excluding hydrogens is 294 g/mol. The van der Waals surface area contributed by atoms with Gasteiger partial charge in [0.15, 0.2) is 0 Å². The highest BCUT2D eigenvalue weighted by molar-refractivity contribution is 5.88. The molecule has 3 rings (SSSR count). The highest BCUT2D eigenvalue weighted by atomic mass is 16.5. The predicted molar refractivity (Wildman–Crippen MR) is 87.0 cm³/mol. The zero-order chi connectivity index (χ0) is 16.3. The summed E-state index contributed by atoms with van der Waals surface area (Å²) < 4.78 is 5.36. The van der Waals surface area contributed by atoms with Crippen LogP contribution in [-0.4, -0.2) is 73.1 Å². The number of hydrogen-bond acceptors (Lipinski definition) is 4. The molecule has 2 heterocycles. The van der Waals surface area contributed by atoms with Gasteiger partial charge < -0.3 is 15.0 Å². The maximum Gasteiger partial charge on any atom is 0.240 e. The molecule has 3 fully saturated rings. The average molecular weight is 323 g/mol. The number of likely N-dealkylation sites (tertiary alicyclic amines) is 1. The first-order valence-electron chi connectivity index (χ1n) is 9.04. The third-order valence-corrected chi connectivity index (χ3v) is 5.74. The average Bonchev–Trinajstić information content (AvgIpc) is 3.12. The molecule has 2 aliphatic heterocycles. The minimum atomic E-state index is -0.476. The van der Waals surface area contributed by atoms with Crippen LogP contribution in [0.2, 0.25) is 0 Å². The molecule has 23 heavy (non-hydrogen) atoms. The molecule has 1 N–H and O–H groups in total. The van der Waals surface area contributed by atoms with Crippen LogP contribution in [-0.2, 0) is 14.3 Å². The Bertz CT molecular complexity index is 442. The number of ether oxygens (including phenoxy) is 1. The summed E-state index contributed by atoms with van der Waals surface area (Å²) in [5, 5.41) is 2.87. The highest BCUT2D eigenvalue weighted by Gasteiger charge is 2.50. The molecule has 130 valence electrons. The number of likely N-dealkylation sites (N-methyl/N-ethyl adjacent to an activating group) is 1. The number of nitrogens with zero attached hydrogens (tertiary/aromatic N) is 2. The minimum absolute atomic E-state index is 0.0962. The van der Waals surface area contributed by atoms with E-state index >= 15 is 0 Å². The zero-order valence-corrected chi connectivity index (χ0v) is 14.2. The molecular formula is C17H29N3O3. The lowest BCUT2D eigenvalue weighted by Crippen LogP contribution is -2.63. The van der Waals surface area contributed by atoms with Crippen molar-refractivity contribution >= 4 is 11.8 Å². The number of nitrogens with one attached hydrogen (secondary N) is 1. The van der Waals surface area contributed by atoms with Crippen LogP contribution < -0.4 is 5.32 Å². The second kappa shape index (κ2) is 7.18. The fourth-order valence-corrected chi connectivity index (χ4v) is 4.54. The summed E-state index contributed by atoms with van der Waals surface area (Å²) in [5.74, 6) is 0.290. The van der Waals surface area contributed by atoms with E-state index in [1.807, 2.05) is 4.90 Å². The number of carbonyl (C=O) groups is 2. The highest BCUT2D eigenvalue weighted by Crippen LogP contribution is 2.39. The van der Waals surface area contributed by atoms with Gasteiger partial charge in [-0.15, -0.1) is 0 Å². The Kier molecular flexibility index (Phi) is 5.21. The van der Waals surface area contributed by atoms with Gasteiger partial charge in [0.25, 0.3) is 0 Å². The first-order valence-corrected chi connectivity index (χ1v) is 9.04. The molecule has 0 bridgehead atoms. The normalized spacial score (nSPS) is 28.6. The van der Waals surface area contributed by atoms with Crippen LogP contribution in [0.25, 0.3) is 0 Å². The van der Waals surface area contributed by atoms with Gasteiger partial charge in [0, 0.05) is 26.7 Å². The van der Waals surface area contributed by atoms with E-state index in [0.29, 0.717) is 26.3 Å². The maximum absolute atomic E-state index is 13.0. The molecule has 1 saturated carbocycles. The van der Waals surface area contributed by atoms with Crippen molar-refractivity contribution in [3.8, 4) is 0 Å². The molecule has 0 spiro atoms. The second-order valence-corrected chi connectivity index (χ2v) is 6.96. The number of carbonyl (C=O) groups excluding carboxylic acids is 2. The summed E-state index contributed by atoms with van der Waals surface area (Å²) >= 11 is 0. The van der Waals surface area contributed by atoms with Crippen LogP contribution in [0.4, 0.5) is 0 Å². The molecule has 6 nitrogen and oxygen atoms in total. The SMILES string of the molecule is CNC(=O)C1(N2CCC[C@H]2C(=O)N2CCOCC2)CCCCC1.